The topological polar surface area (TPSA) is 70.1 Å². The number of para-hydroxylation sites is 1. The number of aryl methyl sites for hydroxylation is 1. The fourth-order valence-electron chi connectivity index (χ4n) is 5.51. The molecule has 0 spiro atoms. The molecule has 14 heteroatoms. The quantitative estimate of drug-likeness (QED) is 0.241. The molecule has 0 aliphatic carbocycles. The zero-order valence-corrected chi connectivity index (χ0v) is 24.0. The lowest BCUT2D eigenvalue weighted by Gasteiger charge is -2.27. The van der Waals surface area contributed by atoms with Crippen LogP contribution in [0.3, 0.4) is 0 Å². The zero-order valence-electron chi connectivity index (χ0n) is 23.1. The van der Waals surface area contributed by atoms with Crippen LogP contribution in [0.5, 0.6) is 0 Å². The highest BCUT2D eigenvalue weighted by atomic mass is 32.2. The molecule has 1 saturated heterocycles. The normalized spacial score (nSPS) is 21.3. The van der Waals surface area contributed by atoms with Crippen molar-refractivity contribution in [3.05, 3.63) is 65.0 Å². The second-order valence-corrected chi connectivity index (χ2v) is 11.3. The number of rotatable bonds is 9. The lowest BCUT2D eigenvalue weighted by atomic mass is 9.87. The van der Waals surface area contributed by atoms with Crippen molar-refractivity contribution in [2.24, 2.45) is 16.8 Å². The van der Waals surface area contributed by atoms with Crippen molar-refractivity contribution in [3.8, 4) is 0 Å². The first-order valence-corrected chi connectivity index (χ1v) is 14.7. The van der Waals surface area contributed by atoms with E-state index in [1.165, 1.54) is 34.9 Å². The van der Waals surface area contributed by atoms with Gasteiger partial charge in [-0.2, -0.15) is 26.3 Å². The lowest BCUT2D eigenvalue weighted by Crippen LogP contribution is -2.46. The number of carbonyl (C=O) groups excluding carboxylic acids is 3. The minimum atomic E-state index is -4.70. The molecule has 3 amide bonds. The van der Waals surface area contributed by atoms with Crippen LogP contribution in [-0.2, 0) is 14.4 Å². The predicted octanol–water partition coefficient (Wildman–Crippen LogP) is 6.29. The van der Waals surface area contributed by atoms with E-state index in [-0.39, 0.29) is 11.6 Å². The first-order valence-electron chi connectivity index (χ1n) is 13.3. The Balaban J connectivity index is 1.77. The second kappa shape index (κ2) is 12.7. The Morgan fingerprint density at radius 2 is 1.42 bits per heavy atom. The summed E-state index contributed by atoms with van der Waals surface area (Å²) in [5, 5.41) is 0. The SMILES string of the molecule is CSCN1C(=O)[C@H](CN2C(=O)[C@@H](CCC(F)(F)F)[C@@H](CCC(F)(F)F)C2=O)N=C(c2cccc(F)c2)c2cccc(C)c21. The van der Waals surface area contributed by atoms with Gasteiger partial charge in [0.25, 0.3) is 5.91 Å². The number of fused-ring (bicyclic) bond motifs is 1. The summed E-state index contributed by atoms with van der Waals surface area (Å²) in [5.74, 6) is -6.52. The van der Waals surface area contributed by atoms with E-state index in [2.05, 4.69) is 4.99 Å². The van der Waals surface area contributed by atoms with Crippen molar-refractivity contribution in [1.82, 2.24) is 4.90 Å². The molecule has 2 heterocycles. The highest BCUT2D eigenvalue weighted by Crippen LogP contribution is 2.39. The highest BCUT2D eigenvalue weighted by molar-refractivity contribution is 7.98. The minimum Gasteiger partial charge on any atom is -0.300 e. The van der Waals surface area contributed by atoms with E-state index in [4.69, 9.17) is 0 Å². The number of halogens is 7. The van der Waals surface area contributed by atoms with Gasteiger partial charge in [-0.3, -0.25) is 29.2 Å². The number of carbonyl (C=O) groups is 3. The summed E-state index contributed by atoms with van der Waals surface area (Å²) in [7, 11) is 0. The molecule has 6 nitrogen and oxygen atoms in total. The van der Waals surface area contributed by atoms with Crippen molar-refractivity contribution in [2.45, 2.75) is 51.0 Å². The van der Waals surface area contributed by atoms with Crippen molar-refractivity contribution >= 4 is 40.9 Å². The summed E-state index contributed by atoms with van der Waals surface area (Å²) < 4.78 is 92.4. The first kappa shape index (κ1) is 32.5. The van der Waals surface area contributed by atoms with E-state index >= 15 is 0 Å². The van der Waals surface area contributed by atoms with Crippen LogP contribution in [0.4, 0.5) is 36.4 Å². The van der Waals surface area contributed by atoms with Gasteiger partial charge < -0.3 is 0 Å². The molecular weight excluding hydrogens is 603 g/mol. The Labute approximate surface area is 247 Å². The monoisotopic (exact) mass is 631 g/mol. The summed E-state index contributed by atoms with van der Waals surface area (Å²) in [4.78, 5) is 47.2. The van der Waals surface area contributed by atoms with Gasteiger partial charge in [-0.1, -0.05) is 30.3 Å². The Morgan fingerprint density at radius 1 is 0.837 bits per heavy atom. The predicted molar refractivity (Wildman–Crippen MR) is 147 cm³/mol. The molecule has 232 valence electrons. The molecular formula is C29H28F7N3O3S. The van der Waals surface area contributed by atoms with Crippen molar-refractivity contribution in [3.63, 3.8) is 0 Å². The summed E-state index contributed by atoms with van der Waals surface area (Å²) in [5.41, 5.74) is 2.10. The molecule has 0 radical (unpaired) electrons. The number of nitrogens with zero attached hydrogens (tertiary/aromatic N) is 3. The molecule has 2 aliphatic rings. The average molecular weight is 632 g/mol. The summed E-state index contributed by atoms with van der Waals surface area (Å²) >= 11 is 1.29. The van der Waals surface area contributed by atoms with Crippen LogP contribution in [0.25, 0.3) is 0 Å². The van der Waals surface area contributed by atoms with Crippen LogP contribution in [-0.4, -0.2) is 65.4 Å². The molecule has 0 bridgehead atoms. The van der Waals surface area contributed by atoms with Gasteiger partial charge in [0.2, 0.25) is 11.8 Å². The van der Waals surface area contributed by atoms with Crippen LogP contribution in [0.15, 0.2) is 47.5 Å². The largest absolute Gasteiger partial charge is 0.389 e. The number of benzene rings is 2. The number of thioether (sulfide) groups is 1. The third kappa shape index (κ3) is 7.39. The van der Waals surface area contributed by atoms with Crippen LogP contribution in [0.2, 0.25) is 0 Å². The smallest absolute Gasteiger partial charge is 0.300 e. The van der Waals surface area contributed by atoms with Crippen LogP contribution in [0, 0.1) is 24.6 Å². The number of amides is 3. The van der Waals surface area contributed by atoms with E-state index < -0.39 is 86.0 Å². The fraction of sp³-hybridized carbons (Fsp3) is 0.448. The summed E-state index contributed by atoms with van der Waals surface area (Å²) in [6.45, 7) is 1.06. The van der Waals surface area contributed by atoms with E-state index in [1.807, 2.05) is 0 Å². The number of benzodiazepines with no additional fused rings is 1. The van der Waals surface area contributed by atoms with Crippen molar-refractivity contribution in [2.75, 3.05) is 23.6 Å². The molecule has 3 atom stereocenters. The Bertz CT molecular complexity index is 1390. The van der Waals surface area contributed by atoms with Crippen LogP contribution < -0.4 is 4.90 Å². The van der Waals surface area contributed by atoms with Crippen molar-refractivity contribution in [1.29, 1.82) is 0 Å². The van der Waals surface area contributed by atoms with E-state index in [1.54, 1.807) is 37.4 Å². The number of hydrogen-bond donors (Lipinski definition) is 0. The Kier molecular flexibility index (Phi) is 9.57. The molecule has 0 unspecified atom stereocenters. The number of imide groups is 1. The van der Waals surface area contributed by atoms with Gasteiger partial charge >= 0.3 is 12.4 Å². The van der Waals surface area contributed by atoms with E-state index in [0.717, 1.165) is 0 Å². The minimum absolute atomic E-state index is 0.128. The molecule has 2 aliphatic heterocycles. The molecule has 0 N–H and O–H groups in total. The molecule has 1 fully saturated rings. The molecule has 43 heavy (non-hydrogen) atoms. The van der Waals surface area contributed by atoms with Gasteiger partial charge in [-0.05, 0) is 43.7 Å². The molecule has 2 aromatic rings. The van der Waals surface area contributed by atoms with Crippen LogP contribution in [0.1, 0.15) is 42.4 Å². The first-order chi connectivity index (χ1) is 20.1. The molecule has 0 saturated carbocycles. The number of anilines is 1. The van der Waals surface area contributed by atoms with Crippen LogP contribution >= 0.6 is 11.8 Å². The van der Waals surface area contributed by atoms with Gasteiger partial charge in [0.15, 0.2) is 0 Å². The third-order valence-corrected chi connectivity index (χ3v) is 7.96. The van der Waals surface area contributed by atoms with Gasteiger partial charge in [0.05, 0.1) is 35.7 Å². The van der Waals surface area contributed by atoms with Gasteiger partial charge in [0.1, 0.15) is 11.9 Å². The van der Waals surface area contributed by atoms with E-state index in [0.29, 0.717) is 27.3 Å². The van der Waals surface area contributed by atoms with Crippen molar-refractivity contribution < 1.29 is 45.1 Å². The van der Waals surface area contributed by atoms with E-state index in [9.17, 15) is 45.1 Å². The number of aliphatic imine (C=N–C) groups is 1. The highest BCUT2D eigenvalue weighted by Gasteiger charge is 2.50. The maximum Gasteiger partial charge on any atom is 0.389 e. The standard InChI is InChI=1S/C29H28F7N3O3S/c1-16-5-3-8-21-23(17-6-4-7-18(30)13-17)37-22(27(42)39(15-43-2)24(16)21)14-38-25(40)19(9-11-28(31,32)33)20(26(38)41)10-12-29(34,35)36/h3-8,13,19-20,22H,9-12,14-15H2,1-2H3/t19-,20+,22-/m0/s1. The maximum absolute atomic E-state index is 14.3. The Hall–Kier alpha value is -3.42. The molecule has 0 aromatic heterocycles. The summed E-state index contributed by atoms with van der Waals surface area (Å²) in [6.07, 6.45) is -12.3. The molecule has 2 aromatic carbocycles. The number of hydrogen-bond acceptors (Lipinski definition) is 5. The zero-order chi connectivity index (χ0) is 31.7. The van der Waals surface area contributed by atoms with Gasteiger partial charge in [-0.25, -0.2) is 4.39 Å². The fourth-order valence-corrected chi connectivity index (χ4v) is 6.03. The van der Waals surface area contributed by atoms with Gasteiger partial charge in [-0.15, -0.1) is 11.8 Å². The Morgan fingerprint density at radius 3 is 1.95 bits per heavy atom. The van der Waals surface area contributed by atoms with Gasteiger partial charge in [0, 0.05) is 24.0 Å². The number of likely N-dealkylation sites (tertiary alicyclic amines) is 1. The maximum atomic E-state index is 14.3. The molecule has 4 rings (SSSR count). The number of alkyl halides is 6. The summed E-state index contributed by atoms with van der Waals surface area (Å²) in [6, 6.07) is 9.10. The average Bonchev–Trinajstić information content (AvgIpc) is 3.06. The second-order valence-electron chi connectivity index (χ2n) is 10.5. The third-order valence-electron chi connectivity index (χ3n) is 7.44. The lowest BCUT2D eigenvalue weighted by molar-refractivity contribution is -0.147.